The molecule has 1 N–H and O–H groups in total. The highest BCUT2D eigenvalue weighted by molar-refractivity contribution is 5.98. The van der Waals surface area contributed by atoms with Crippen molar-refractivity contribution in [3.63, 3.8) is 0 Å². The summed E-state index contributed by atoms with van der Waals surface area (Å²) in [5.41, 5.74) is 0. The zero-order valence-corrected chi connectivity index (χ0v) is 9.52. The standard InChI is InChI=1S/C12H17N3O/c1-2-5-12(16)14-11-8-9-13-15(11)10-6-3-4-7-10/h2,5,8-10H,3-4,6-7H2,1H3,(H,14,16)/b5-2+. The van der Waals surface area contributed by atoms with E-state index in [-0.39, 0.29) is 5.91 Å². The van der Waals surface area contributed by atoms with Crippen LogP contribution < -0.4 is 5.32 Å². The molecule has 0 atom stereocenters. The number of nitrogens with one attached hydrogen (secondary N) is 1. The molecule has 1 saturated carbocycles. The van der Waals surface area contributed by atoms with Crippen LogP contribution in [-0.4, -0.2) is 15.7 Å². The highest BCUT2D eigenvalue weighted by Gasteiger charge is 2.19. The number of anilines is 1. The lowest BCUT2D eigenvalue weighted by atomic mass is 10.2. The van der Waals surface area contributed by atoms with E-state index >= 15 is 0 Å². The van der Waals surface area contributed by atoms with Crippen LogP contribution in [0.3, 0.4) is 0 Å². The number of amides is 1. The molecule has 1 fully saturated rings. The predicted octanol–water partition coefficient (Wildman–Crippen LogP) is 2.51. The number of rotatable bonds is 3. The van der Waals surface area contributed by atoms with Crippen LogP contribution in [0.25, 0.3) is 0 Å². The van der Waals surface area contributed by atoms with Crippen molar-refractivity contribution in [2.75, 3.05) is 5.32 Å². The maximum absolute atomic E-state index is 11.4. The van der Waals surface area contributed by atoms with Gasteiger partial charge in [-0.3, -0.25) is 4.79 Å². The molecule has 0 unspecified atom stereocenters. The van der Waals surface area contributed by atoms with Crippen LogP contribution in [0.4, 0.5) is 5.82 Å². The van der Waals surface area contributed by atoms with Gasteiger partial charge in [-0.15, -0.1) is 0 Å². The summed E-state index contributed by atoms with van der Waals surface area (Å²) >= 11 is 0. The summed E-state index contributed by atoms with van der Waals surface area (Å²) in [6.45, 7) is 1.83. The Labute approximate surface area is 95.3 Å². The van der Waals surface area contributed by atoms with Crippen LogP contribution in [0.5, 0.6) is 0 Å². The van der Waals surface area contributed by atoms with Crippen molar-refractivity contribution in [1.82, 2.24) is 9.78 Å². The zero-order valence-electron chi connectivity index (χ0n) is 9.52. The molecule has 4 heteroatoms. The average molecular weight is 219 g/mol. The molecule has 1 amide bonds. The lowest BCUT2D eigenvalue weighted by Gasteiger charge is -2.13. The summed E-state index contributed by atoms with van der Waals surface area (Å²) in [6, 6.07) is 2.30. The van der Waals surface area contributed by atoms with Crippen LogP contribution in [0.15, 0.2) is 24.4 Å². The highest BCUT2D eigenvalue weighted by atomic mass is 16.1. The third-order valence-corrected chi connectivity index (χ3v) is 2.91. The van der Waals surface area contributed by atoms with Crippen molar-refractivity contribution < 1.29 is 4.79 Å². The first-order chi connectivity index (χ1) is 7.81. The van der Waals surface area contributed by atoms with Gasteiger partial charge in [-0.25, -0.2) is 4.68 Å². The second-order valence-corrected chi connectivity index (χ2v) is 4.09. The van der Waals surface area contributed by atoms with E-state index in [1.165, 1.54) is 18.9 Å². The first-order valence-electron chi connectivity index (χ1n) is 5.78. The van der Waals surface area contributed by atoms with E-state index in [1.54, 1.807) is 12.3 Å². The van der Waals surface area contributed by atoms with Crippen molar-refractivity contribution in [1.29, 1.82) is 0 Å². The first kappa shape index (κ1) is 10.9. The fourth-order valence-electron chi connectivity index (χ4n) is 2.17. The van der Waals surface area contributed by atoms with Crippen LogP contribution in [0.1, 0.15) is 38.6 Å². The van der Waals surface area contributed by atoms with Gasteiger partial charge in [0, 0.05) is 6.07 Å². The van der Waals surface area contributed by atoms with E-state index in [1.807, 2.05) is 17.7 Å². The van der Waals surface area contributed by atoms with E-state index in [4.69, 9.17) is 0 Å². The summed E-state index contributed by atoms with van der Waals surface area (Å²) < 4.78 is 1.94. The van der Waals surface area contributed by atoms with E-state index < -0.39 is 0 Å². The minimum Gasteiger partial charge on any atom is -0.307 e. The number of carbonyl (C=O) groups is 1. The topological polar surface area (TPSA) is 46.9 Å². The van der Waals surface area contributed by atoms with Gasteiger partial charge >= 0.3 is 0 Å². The Hall–Kier alpha value is -1.58. The maximum Gasteiger partial charge on any atom is 0.249 e. The number of hydrogen-bond donors (Lipinski definition) is 1. The number of nitrogens with zero attached hydrogens (tertiary/aromatic N) is 2. The first-order valence-corrected chi connectivity index (χ1v) is 5.78. The number of allylic oxidation sites excluding steroid dienone is 1. The van der Waals surface area contributed by atoms with E-state index in [0.717, 1.165) is 18.7 Å². The molecule has 0 aliphatic heterocycles. The van der Waals surface area contributed by atoms with Gasteiger partial charge in [0.1, 0.15) is 5.82 Å². The molecule has 1 aromatic heterocycles. The van der Waals surface area contributed by atoms with Gasteiger partial charge < -0.3 is 5.32 Å². The molecular formula is C12H17N3O. The van der Waals surface area contributed by atoms with Crippen LogP contribution in [-0.2, 0) is 4.79 Å². The molecule has 0 aromatic carbocycles. The van der Waals surface area contributed by atoms with Crippen molar-refractivity contribution in [2.45, 2.75) is 38.6 Å². The lowest BCUT2D eigenvalue weighted by Crippen LogP contribution is -2.15. The van der Waals surface area contributed by atoms with Crippen molar-refractivity contribution in [3.8, 4) is 0 Å². The van der Waals surface area contributed by atoms with Gasteiger partial charge in [0.25, 0.3) is 0 Å². The number of aromatic nitrogens is 2. The SMILES string of the molecule is C/C=C/C(=O)Nc1ccnn1C1CCCC1. The Balaban J connectivity index is 2.09. The van der Waals surface area contributed by atoms with Crippen LogP contribution in [0, 0.1) is 0 Å². The molecule has 1 heterocycles. The number of carbonyl (C=O) groups excluding carboxylic acids is 1. The predicted molar refractivity (Wildman–Crippen MR) is 63.2 cm³/mol. The highest BCUT2D eigenvalue weighted by Crippen LogP contribution is 2.31. The van der Waals surface area contributed by atoms with Gasteiger partial charge in [0.15, 0.2) is 0 Å². The van der Waals surface area contributed by atoms with Gasteiger partial charge in [-0.1, -0.05) is 18.9 Å². The molecule has 1 aliphatic carbocycles. The molecule has 4 nitrogen and oxygen atoms in total. The second kappa shape index (κ2) is 4.96. The maximum atomic E-state index is 11.4. The summed E-state index contributed by atoms with van der Waals surface area (Å²) in [5, 5.41) is 7.13. The largest absolute Gasteiger partial charge is 0.307 e. The molecule has 0 saturated heterocycles. The summed E-state index contributed by atoms with van der Waals surface area (Å²) in [4.78, 5) is 11.4. The number of hydrogen-bond acceptors (Lipinski definition) is 2. The summed E-state index contributed by atoms with van der Waals surface area (Å²) in [6.07, 6.45) is 9.82. The molecule has 2 rings (SSSR count). The van der Waals surface area contributed by atoms with Gasteiger partial charge in [0.05, 0.1) is 12.2 Å². The monoisotopic (exact) mass is 219 g/mol. The molecule has 86 valence electrons. The minimum absolute atomic E-state index is 0.0951. The Kier molecular flexibility index (Phi) is 3.39. The Bertz CT molecular complexity index is 389. The Morgan fingerprint density at radius 2 is 2.31 bits per heavy atom. The van der Waals surface area contributed by atoms with Crippen molar-refractivity contribution >= 4 is 11.7 Å². The molecule has 0 bridgehead atoms. The summed E-state index contributed by atoms with van der Waals surface area (Å²) in [5.74, 6) is 0.706. The van der Waals surface area contributed by atoms with Gasteiger partial charge in [-0.05, 0) is 25.8 Å². The Morgan fingerprint density at radius 3 is 3.00 bits per heavy atom. The summed E-state index contributed by atoms with van der Waals surface area (Å²) in [7, 11) is 0. The molecule has 1 aliphatic rings. The molecule has 0 spiro atoms. The lowest BCUT2D eigenvalue weighted by molar-refractivity contribution is -0.112. The van der Waals surface area contributed by atoms with Crippen LogP contribution >= 0.6 is 0 Å². The van der Waals surface area contributed by atoms with Gasteiger partial charge in [0.2, 0.25) is 5.91 Å². The molecular weight excluding hydrogens is 202 g/mol. The minimum atomic E-state index is -0.0951. The fraction of sp³-hybridized carbons (Fsp3) is 0.500. The van der Waals surface area contributed by atoms with E-state index in [0.29, 0.717) is 6.04 Å². The third-order valence-electron chi connectivity index (χ3n) is 2.91. The second-order valence-electron chi connectivity index (χ2n) is 4.09. The molecule has 1 aromatic rings. The Morgan fingerprint density at radius 1 is 1.56 bits per heavy atom. The van der Waals surface area contributed by atoms with Crippen molar-refractivity contribution in [3.05, 3.63) is 24.4 Å². The molecule has 16 heavy (non-hydrogen) atoms. The molecule has 0 radical (unpaired) electrons. The van der Waals surface area contributed by atoms with E-state index in [2.05, 4.69) is 10.4 Å². The third kappa shape index (κ3) is 2.32. The average Bonchev–Trinajstić information content (AvgIpc) is 2.86. The normalized spacial score (nSPS) is 17.1. The zero-order chi connectivity index (χ0) is 11.4. The van der Waals surface area contributed by atoms with Gasteiger partial charge in [-0.2, -0.15) is 5.10 Å². The smallest absolute Gasteiger partial charge is 0.249 e. The fourth-order valence-corrected chi connectivity index (χ4v) is 2.17. The van der Waals surface area contributed by atoms with Crippen LogP contribution in [0.2, 0.25) is 0 Å². The van der Waals surface area contributed by atoms with Crippen molar-refractivity contribution in [2.24, 2.45) is 0 Å². The van der Waals surface area contributed by atoms with E-state index in [9.17, 15) is 4.79 Å². The quantitative estimate of drug-likeness (QED) is 0.794.